The molecule has 2 fully saturated rings. The number of thiazole rings is 1. The lowest BCUT2D eigenvalue weighted by Gasteiger charge is -2.20. The van der Waals surface area contributed by atoms with Gasteiger partial charge in [-0.05, 0) is 43.8 Å². The van der Waals surface area contributed by atoms with Crippen LogP contribution in [0.1, 0.15) is 48.7 Å². The van der Waals surface area contributed by atoms with Crippen LogP contribution < -0.4 is 5.32 Å². The molecule has 1 N–H and O–H groups in total. The average molecular weight is 338 g/mol. The third-order valence-corrected chi connectivity index (χ3v) is 6.80. The molecule has 3 atom stereocenters. The van der Waals surface area contributed by atoms with Gasteiger partial charge >= 0.3 is 0 Å². The molecule has 2 aliphatic rings. The molecule has 0 radical (unpaired) electrons. The molecule has 2 aliphatic carbocycles. The fraction of sp³-hybridized carbons (Fsp3) is 0.688. The lowest BCUT2D eigenvalue weighted by Crippen LogP contribution is -2.26. The summed E-state index contributed by atoms with van der Waals surface area (Å²) in [5.41, 5.74) is 0. The van der Waals surface area contributed by atoms with Crippen molar-refractivity contribution in [1.82, 2.24) is 10.3 Å². The summed E-state index contributed by atoms with van der Waals surface area (Å²) in [6.07, 6.45) is 6.93. The second kappa shape index (κ2) is 7.13. The molecule has 4 nitrogen and oxygen atoms in total. The van der Waals surface area contributed by atoms with Crippen molar-refractivity contribution in [2.75, 3.05) is 12.3 Å². The van der Waals surface area contributed by atoms with Crippen molar-refractivity contribution in [3.8, 4) is 0 Å². The van der Waals surface area contributed by atoms with E-state index in [4.69, 9.17) is 0 Å². The van der Waals surface area contributed by atoms with Gasteiger partial charge in [0.1, 0.15) is 10.7 Å². The van der Waals surface area contributed by atoms with E-state index in [-0.39, 0.29) is 11.8 Å². The van der Waals surface area contributed by atoms with Gasteiger partial charge in [-0.25, -0.2) is 4.98 Å². The van der Waals surface area contributed by atoms with Gasteiger partial charge in [0.2, 0.25) is 0 Å². The summed E-state index contributed by atoms with van der Waals surface area (Å²) in [6.45, 7) is 2.72. The molecule has 0 aliphatic heterocycles. The summed E-state index contributed by atoms with van der Waals surface area (Å²) in [6, 6.07) is 0. The number of nitrogens with one attached hydrogen (secondary N) is 1. The van der Waals surface area contributed by atoms with Crippen LogP contribution in [0, 0.1) is 17.8 Å². The number of rotatable bonds is 7. The Morgan fingerprint density at radius 2 is 2.36 bits per heavy atom. The van der Waals surface area contributed by atoms with Crippen LogP contribution in [-0.4, -0.2) is 29.0 Å². The van der Waals surface area contributed by atoms with E-state index >= 15 is 0 Å². The molecule has 1 heterocycles. The van der Waals surface area contributed by atoms with Gasteiger partial charge in [-0.2, -0.15) is 0 Å². The summed E-state index contributed by atoms with van der Waals surface area (Å²) in [5, 5.41) is 2.95. The van der Waals surface area contributed by atoms with Crippen LogP contribution in [0.5, 0.6) is 0 Å². The maximum absolute atomic E-state index is 12.1. The van der Waals surface area contributed by atoms with Crippen molar-refractivity contribution in [3.05, 3.63) is 11.1 Å². The molecule has 6 heteroatoms. The van der Waals surface area contributed by atoms with Gasteiger partial charge in [0.05, 0.1) is 6.20 Å². The van der Waals surface area contributed by atoms with E-state index in [0.717, 1.165) is 35.8 Å². The molecular weight excluding hydrogens is 316 g/mol. The van der Waals surface area contributed by atoms with Crippen LogP contribution in [0.2, 0.25) is 0 Å². The summed E-state index contributed by atoms with van der Waals surface area (Å²) >= 11 is 3.10. The highest BCUT2D eigenvalue weighted by molar-refractivity contribution is 8.01. The first kappa shape index (κ1) is 16.0. The van der Waals surface area contributed by atoms with E-state index in [9.17, 15) is 9.59 Å². The van der Waals surface area contributed by atoms with E-state index in [2.05, 4.69) is 17.2 Å². The number of amides is 1. The summed E-state index contributed by atoms with van der Waals surface area (Å²) in [7, 11) is 0. The smallest absolute Gasteiger partial charge is 0.263 e. The highest BCUT2D eigenvalue weighted by Gasteiger charge is 2.45. The van der Waals surface area contributed by atoms with Gasteiger partial charge in [0.15, 0.2) is 4.34 Å². The van der Waals surface area contributed by atoms with Crippen LogP contribution >= 0.6 is 23.1 Å². The third kappa shape index (κ3) is 3.38. The Morgan fingerprint density at radius 3 is 3.09 bits per heavy atom. The number of hydrogen-bond acceptors (Lipinski definition) is 5. The maximum atomic E-state index is 12.1. The van der Waals surface area contributed by atoms with Crippen molar-refractivity contribution in [1.29, 1.82) is 0 Å². The number of Topliss-reactive ketones (excluding diaryl/α,β-unsaturated/α-hetero) is 1. The Bertz CT molecular complexity index is 558. The van der Waals surface area contributed by atoms with Crippen LogP contribution in [0.4, 0.5) is 0 Å². The van der Waals surface area contributed by atoms with E-state index < -0.39 is 0 Å². The van der Waals surface area contributed by atoms with Gasteiger partial charge in [-0.15, -0.1) is 11.3 Å². The number of nitrogens with zero attached hydrogens (tertiary/aromatic N) is 1. The first-order chi connectivity index (χ1) is 10.7. The molecule has 2 bridgehead atoms. The Kier molecular flexibility index (Phi) is 5.18. The van der Waals surface area contributed by atoms with Crippen LogP contribution in [0.15, 0.2) is 10.5 Å². The zero-order chi connectivity index (χ0) is 15.5. The van der Waals surface area contributed by atoms with Crippen LogP contribution in [0.25, 0.3) is 0 Å². The standard InChI is InChI=1S/C16H22N2O2S2/c1-2-21-16-18-9-13(22-16)15(20)17-7-3-4-12-10-5-6-11(8-10)14(12)19/h9-12H,2-8H2,1H3,(H,17,20). The second-order valence-electron chi connectivity index (χ2n) is 6.10. The van der Waals surface area contributed by atoms with Gasteiger partial charge < -0.3 is 5.32 Å². The van der Waals surface area contributed by atoms with Crippen molar-refractivity contribution in [3.63, 3.8) is 0 Å². The quantitative estimate of drug-likeness (QED) is 0.611. The lowest BCUT2D eigenvalue weighted by atomic mass is 9.84. The number of hydrogen-bond donors (Lipinski definition) is 1. The van der Waals surface area contributed by atoms with Crippen molar-refractivity contribution in [2.24, 2.45) is 17.8 Å². The molecule has 1 aromatic rings. The molecule has 0 aromatic carbocycles. The minimum Gasteiger partial charge on any atom is -0.351 e. The highest BCUT2D eigenvalue weighted by Crippen LogP contribution is 2.47. The van der Waals surface area contributed by atoms with E-state index in [1.807, 2.05) is 0 Å². The SMILES string of the molecule is CCSc1ncc(C(=O)NCCCC2C(=O)C3CCC2C3)s1. The number of carbonyl (C=O) groups is 2. The molecular formula is C16H22N2O2S2. The lowest BCUT2D eigenvalue weighted by molar-refractivity contribution is -0.125. The van der Waals surface area contributed by atoms with E-state index in [1.54, 1.807) is 18.0 Å². The fourth-order valence-corrected chi connectivity index (χ4v) is 5.51. The van der Waals surface area contributed by atoms with Crippen molar-refractivity contribution >= 4 is 34.8 Å². The predicted octanol–water partition coefficient (Wildman–Crippen LogP) is 3.38. The van der Waals surface area contributed by atoms with E-state index in [0.29, 0.717) is 29.0 Å². The molecule has 1 aromatic heterocycles. The topological polar surface area (TPSA) is 59.1 Å². The Labute approximate surface area is 139 Å². The minimum absolute atomic E-state index is 0.0419. The third-order valence-electron chi connectivity index (χ3n) is 4.76. The number of thioether (sulfide) groups is 1. The van der Waals surface area contributed by atoms with E-state index in [1.165, 1.54) is 17.8 Å². The van der Waals surface area contributed by atoms with Crippen LogP contribution in [0.3, 0.4) is 0 Å². The Hall–Kier alpha value is -0.880. The normalized spacial score (nSPS) is 26.6. The van der Waals surface area contributed by atoms with Gasteiger partial charge in [-0.1, -0.05) is 18.7 Å². The summed E-state index contributed by atoms with van der Waals surface area (Å²) in [4.78, 5) is 29.0. The first-order valence-corrected chi connectivity index (χ1v) is 9.89. The molecule has 2 saturated carbocycles. The maximum Gasteiger partial charge on any atom is 0.263 e. The summed E-state index contributed by atoms with van der Waals surface area (Å²) in [5.74, 6) is 2.67. The molecule has 22 heavy (non-hydrogen) atoms. The Morgan fingerprint density at radius 1 is 1.50 bits per heavy atom. The number of fused-ring (bicyclic) bond motifs is 2. The zero-order valence-electron chi connectivity index (χ0n) is 12.8. The van der Waals surface area contributed by atoms with Gasteiger partial charge in [0.25, 0.3) is 5.91 Å². The van der Waals surface area contributed by atoms with Gasteiger partial charge in [-0.3, -0.25) is 9.59 Å². The number of ketones is 1. The average Bonchev–Trinajstić information content (AvgIpc) is 3.21. The molecule has 3 unspecified atom stereocenters. The molecule has 0 saturated heterocycles. The van der Waals surface area contributed by atoms with Crippen LogP contribution in [-0.2, 0) is 4.79 Å². The van der Waals surface area contributed by atoms with Gasteiger partial charge in [0, 0.05) is 18.4 Å². The first-order valence-electron chi connectivity index (χ1n) is 8.09. The molecule has 0 spiro atoms. The monoisotopic (exact) mass is 338 g/mol. The van der Waals surface area contributed by atoms with Crippen molar-refractivity contribution in [2.45, 2.75) is 43.4 Å². The zero-order valence-corrected chi connectivity index (χ0v) is 14.5. The number of aromatic nitrogens is 1. The largest absolute Gasteiger partial charge is 0.351 e. The minimum atomic E-state index is -0.0419. The molecule has 120 valence electrons. The molecule has 1 amide bonds. The summed E-state index contributed by atoms with van der Waals surface area (Å²) < 4.78 is 0.945. The fourth-order valence-electron chi connectivity index (χ4n) is 3.72. The number of carbonyl (C=O) groups excluding carboxylic acids is 2. The molecule has 3 rings (SSSR count). The predicted molar refractivity (Wildman–Crippen MR) is 89.4 cm³/mol. The Balaban J connectivity index is 1.39. The van der Waals surface area contributed by atoms with Crippen molar-refractivity contribution < 1.29 is 9.59 Å². The second-order valence-corrected chi connectivity index (χ2v) is 8.64. The highest BCUT2D eigenvalue weighted by atomic mass is 32.2.